The molecular formula is C9H10ClFN4O2. The fraction of sp³-hybridized carbons (Fsp3) is 0. The number of hydrogen-bond donors (Lipinski definition) is 4. The largest absolute Gasteiger partial charge is 0.476 e. The van der Waals surface area contributed by atoms with E-state index in [1.165, 1.54) is 18.2 Å². The standard InChI is InChI=1S/C9H10ClFN4O2/c10-4-2-1-3-5(6(4)11)15(14)8(13)7(12)9(16)17/h1-3H,12-14H2,(H,16,17)/b8-7-. The number of benzene rings is 1. The molecule has 1 rings (SSSR count). The molecule has 0 aliphatic heterocycles. The van der Waals surface area contributed by atoms with E-state index in [4.69, 9.17) is 34.0 Å². The first kappa shape index (κ1) is 13.1. The van der Waals surface area contributed by atoms with Crippen LogP contribution < -0.4 is 22.3 Å². The molecule has 0 spiro atoms. The van der Waals surface area contributed by atoms with Gasteiger partial charge in [-0.05, 0) is 12.1 Å². The maximum atomic E-state index is 13.6. The Morgan fingerprint density at radius 1 is 1.41 bits per heavy atom. The van der Waals surface area contributed by atoms with Crippen LogP contribution in [0.2, 0.25) is 5.02 Å². The molecule has 8 heteroatoms. The highest BCUT2D eigenvalue weighted by molar-refractivity contribution is 6.31. The Balaban J connectivity index is 3.22. The van der Waals surface area contributed by atoms with Crippen LogP contribution in [0.15, 0.2) is 29.7 Å². The third-order valence-electron chi connectivity index (χ3n) is 1.96. The molecule has 92 valence electrons. The molecule has 0 aliphatic carbocycles. The fourth-order valence-electron chi connectivity index (χ4n) is 1.05. The number of carboxylic acids is 1. The predicted octanol–water partition coefficient (Wildman–Crippen LogP) is 0.330. The first-order chi connectivity index (χ1) is 7.86. The Hall–Kier alpha value is -1.99. The van der Waals surface area contributed by atoms with Gasteiger partial charge in [0.05, 0.1) is 10.7 Å². The van der Waals surface area contributed by atoms with Gasteiger partial charge in [0.2, 0.25) is 0 Å². The summed E-state index contributed by atoms with van der Waals surface area (Å²) in [5.41, 5.74) is 9.67. The molecule has 0 saturated carbocycles. The van der Waals surface area contributed by atoms with Crippen molar-refractivity contribution in [2.75, 3.05) is 5.01 Å². The fourth-order valence-corrected chi connectivity index (χ4v) is 1.22. The smallest absolute Gasteiger partial charge is 0.355 e. The summed E-state index contributed by atoms with van der Waals surface area (Å²) < 4.78 is 13.6. The second-order valence-electron chi connectivity index (χ2n) is 3.05. The highest BCUT2D eigenvalue weighted by atomic mass is 35.5. The Morgan fingerprint density at radius 2 is 2.00 bits per heavy atom. The van der Waals surface area contributed by atoms with E-state index in [1.54, 1.807) is 0 Å². The van der Waals surface area contributed by atoms with Crippen molar-refractivity contribution in [2.45, 2.75) is 0 Å². The van der Waals surface area contributed by atoms with Crippen molar-refractivity contribution in [3.05, 3.63) is 40.6 Å². The molecule has 0 amide bonds. The third kappa shape index (κ3) is 2.58. The Kier molecular flexibility index (Phi) is 3.77. The highest BCUT2D eigenvalue weighted by Crippen LogP contribution is 2.25. The lowest BCUT2D eigenvalue weighted by Crippen LogP contribution is -2.38. The summed E-state index contributed by atoms with van der Waals surface area (Å²) in [7, 11) is 0. The van der Waals surface area contributed by atoms with Gasteiger partial charge in [0.25, 0.3) is 0 Å². The van der Waals surface area contributed by atoms with Gasteiger partial charge in [-0.25, -0.2) is 15.0 Å². The first-order valence-electron chi connectivity index (χ1n) is 4.33. The maximum absolute atomic E-state index is 13.6. The number of carbonyl (C=O) groups is 1. The van der Waals surface area contributed by atoms with E-state index >= 15 is 0 Å². The van der Waals surface area contributed by atoms with Crippen molar-refractivity contribution in [3.63, 3.8) is 0 Å². The van der Waals surface area contributed by atoms with Crippen LogP contribution >= 0.6 is 11.6 Å². The monoisotopic (exact) mass is 260 g/mol. The van der Waals surface area contributed by atoms with Gasteiger partial charge in [-0.1, -0.05) is 17.7 Å². The van der Waals surface area contributed by atoms with Crippen molar-refractivity contribution in [1.82, 2.24) is 0 Å². The molecule has 1 aromatic rings. The summed E-state index contributed by atoms with van der Waals surface area (Å²) in [5.74, 6) is 2.69. The van der Waals surface area contributed by atoms with Crippen LogP contribution in [0.25, 0.3) is 0 Å². The second-order valence-corrected chi connectivity index (χ2v) is 3.45. The molecule has 6 nitrogen and oxygen atoms in total. The van der Waals surface area contributed by atoms with Crippen molar-refractivity contribution in [3.8, 4) is 0 Å². The van der Waals surface area contributed by atoms with Gasteiger partial charge >= 0.3 is 5.97 Å². The minimum absolute atomic E-state index is 0.167. The van der Waals surface area contributed by atoms with Crippen molar-refractivity contribution in [2.24, 2.45) is 17.3 Å². The molecular weight excluding hydrogens is 251 g/mol. The number of hydrogen-bond acceptors (Lipinski definition) is 5. The molecule has 0 aliphatic rings. The van der Waals surface area contributed by atoms with Crippen molar-refractivity contribution in [1.29, 1.82) is 0 Å². The molecule has 7 N–H and O–H groups in total. The van der Waals surface area contributed by atoms with Gasteiger partial charge < -0.3 is 16.6 Å². The molecule has 0 saturated heterocycles. The topological polar surface area (TPSA) is 119 Å². The molecule has 0 heterocycles. The van der Waals surface area contributed by atoms with Gasteiger partial charge in [-0.2, -0.15) is 0 Å². The average Bonchev–Trinajstić information content (AvgIpc) is 2.29. The van der Waals surface area contributed by atoms with Gasteiger partial charge in [-0.15, -0.1) is 0 Å². The van der Waals surface area contributed by atoms with Gasteiger partial charge in [0.15, 0.2) is 11.5 Å². The molecule has 0 atom stereocenters. The zero-order chi connectivity index (χ0) is 13.2. The second kappa shape index (κ2) is 4.89. The average molecular weight is 261 g/mol. The summed E-state index contributed by atoms with van der Waals surface area (Å²) in [6.07, 6.45) is 0. The molecule has 0 unspecified atom stereocenters. The van der Waals surface area contributed by atoms with E-state index in [9.17, 15) is 9.18 Å². The molecule has 0 aromatic heterocycles. The summed E-state index contributed by atoms with van der Waals surface area (Å²) >= 11 is 5.54. The van der Waals surface area contributed by atoms with Crippen LogP contribution in [-0.2, 0) is 4.79 Å². The summed E-state index contributed by atoms with van der Waals surface area (Å²) in [4.78, 5) is 10.6. The van der Waals surface area contributed by atoms with E-state index in [0.717, 1.165) is 0 Å². The normalized spacial score (nSPS) is 11.9. The molecule has 1 aromatic carbocycles. The number of hydrazine groups is 1. The van der Waals surface area contributed by atoms with Crippen LogP contribution in [-0.4, -0.2) is 11.1 Å². The van der Waals surface area contributed by atoms with Gasteiger partial charge in [0.1, 0.15) is 5.82 Å². The Morgan fingerprint density at radius 3 is 2.53 bits per heavy atom. The van der Waals surface area contributed by atoms with E-state index in [2.05, 4.69) is 0 Å². The molecule has 0 radical (unpaired) electrons. The molecule has 17 heavy (non-hydrogen) atoms. The van der Waals surface area contributed by atoms with Crippen LogP contribution in [0.1, 0.15) is 0 Å². The lowest BCUT2D eigenvalue weighted by Gasteiger charge is -2.20. The minimum Gasteiger partial charge on any atom is -0.476 e. The lowest BCUT2D eigenvalue weighted by molar-refractivity contribution is -0.132. The number of nitrogens with zero attached hydrogens (tertiary/aromatic N) is 1. The zero-order valence-corrected chi connectivity index (χ0v) is 9.28. The van der Waals surface area contributed by atoms with Crippen LogP contribution in [0.3, 0.4) is 0 Å². The van der Waals surface area contributed by atoms with E-state index in [0.29, 0.717) is 5.01 Å². The SMILES string of the molecule is N/C(C(=O)O)=C(/N)N(N)c1cccc(Cl)c1F. The van der Waals surface area contributed by atoms with Gasteiger partial charge in [-0.3, -0.25) is 5.01 Å². The van der Waals surface area contributed by atoms with E-state index in [-0.39, 0.29) is 10.7 Å². The van der Waals surface area contributed by atoms with Gasteiger partial charge in [0, 0.05) is 0 Å². The molecule has 0 bridgehead atoms. The minimum atomic E-state index is -1.46. The number of aliphatic carboxylic acids is 1. The van der Waals surface area contributed by atoms with E-state index < -0.39 is 23.3 Å². The van der Waals surface area contributed by atoms with Crippen molar-refractivity contribution < 1.29 is 14.3 Å². The van der Waals surface area contributed by atoms with Crippen LogP contribution in [0.4, 0.5) is 10.1 Å². The highest BCUT2D eigenvalue weighted by Gasteiger charge is 2.17. The Labute approximate surface area is 101 Å². The number of nitrogens with two attached hydrogens (primary N) is 3. The number of carboxylic acid groups (broad SMARTS) is 1. The quantitative estimate of drug-likeness (QED) is 0.353. The summed E-state index contributed by atoms with van der Waals surface area (Å²) in [6.45, 7) is 0. The third-order valence-corrected chi connectivity index (χ3v) is 2.25. The van der Waals surface area contributed by atoms with Crippen molar-refractivity contribution >= 4 is 23.3 Å². The summed E-state index contributed by atoms with van der Waals surface area (Å²) in [5, 5.41) is 9.06. The predicted molar refractivity (Wildman–Crippen MR) is 61.1 cm³/mol. The number of anilines is 1. The maximum Gasteiger partial charge on any atom is 0.355 e. The zero-order valence-electron chi connectivity index (χ0n) is 8.52. The van der Waals surface area contributed by atoms with Crippen LogP contribution in [0, 0.1) is 5.82 Å². The molecule has 0 fully saturated rings. The number of halogens is 2. The number of rotatable bonds is 3. The van der Waals surface area contributed by atoms with E-state index in [1.807, 2.05) is 0 Å². The lowest BCUT2D eigenvalue weighted by atomic mass is 10.3. The first-order valence-corrected chi connectivity index (χ1v) is 4.71. The Bertz CT molecular complexity index is 492. The van der Waals surface area contributed by atoms with Crippen LogP contribution in [0.5, 0.6) is 0 Å². The summed E-state index contributed by atoms with van der Waals surface area (Å²) in [6, 6.07) is 4.03.